The molecular weight excluding hydrogens is 336 g/mol. The Morgan fingerprint density at radius 1 is 1.19 bits per heavy atom. The lowest BCUT2D eigenvalue weighted by Crippen LogP contribution is -2.12. The zero-order chi connectivity index (χ0) is 15.2. The van der Waals surface area contributed by atoms with Crippen molar-refractivity contribution in [2.75, 3.05) is 5.32 Å². The van der Waals surface area contributed by atoms with E-state index in [2.05, 4.69) is 26.2 Å². The number of nitrogens with zero attached hydrogens (tertiary/aromatic N) is 1. The Balaban J connectivity index is 2.08. The fraction of sp³-hybridized carbons (Fsp3) is 0. The van der Waals surface area contributed by atoms with Crippen molar-refractivity contribution in [3.8, 4) is 0 Å². The summed E-state index contributed by atoms with van der Waals surface area (Å²) in [6.45, 7) is 0. The van der Waals surface area contributed by atoms with Crippen LogP contribution in [0.25, 0.3) is 6.08 Å². The van der Waals surface area contributed by atoms with Gasteiger partial charge in [0.1, 0.15) is 0 Å². The molecule has 1 heterocycles. The van der Waals surface area contributed by atoms with Crippen LogP contribution in [0.3, 0.4) is 0 Å². The third kappa shape index (κ3) is 4.25. The molecule has 2 rings (SSSR count). The number of aromatic nitrogens is 1. The quantitative estimate of drug-likeness (QED) is 0.833. The van der Waals surface area contributed by atoms with Gasteiger partial charge in [0, 0.05) is 16.7 Å². The first kappa shape index (κ1) is 14.9. The number of carboxylic acid groups (broad SMARTS) is 1. The minimum absolute atomic E-state index is 0.00427. The van der Waals surface area contributed by atoms with Gasteiger partial charge >= 0.3 is 5.97 Å². The van der Waals surface area contributed by atoms with Crippen LogP contribution in [0.2, 0.25) is 0 Å². The summed E-state index contributed by atoms with van der Waals surface area (Å²) in [6.07, 6.45) is 5.63. The van der Waals surface area contributed by atoms with E-state index in [1.165, 1.54) is 24.5 Å². The largest absolute Gasteiger partial charge is 0.478 e. The molecule has 0 aliphatic rings. The standard InChI is InChI=1S/C15H11BrN2O3/c16-11-4-1-10(2-5-11)3-6-14(19)18-13-9-17-8-7-12(13)15(20)21/h1-9H,(H,18,19)(H,20,21). The summed E-state index contributed by atoms with van der Waals surface area (Å²) in [7, 11) is 0. The van der Waals surface area contributed by atoms with E-state index in [1.54, 1.807) is 6.08 Å². The summed E-state index contributed by atoms with van der Waals surface area (Å²) < 4.78 is 0.950. The number of carbonyl (C=O) groups is 2. The van der Waals surface area contributed by atoms with Crippen LogP contribution < -0.4 is 5.32 Å². The summed E-state index contributed by atoms with van der Waals surface area (Å²) in [4.78, 5) is 26.6. The lowest BCUT2D eigenvalue weighted by molar-refractivity contribution is -0.111. The number of hydrogen-bond donors (Lipinski definition) is 2. The van der Waals surface area contributed by atoms with Crippen LogP contribution in [-0.4, -0.2) is 22.0 Å². The number of aromatic carboxylic acids is 1. The van der Waals surface area contributed by atoms with E-state index >= 15 is 0 Å². The van der Waals surface area contributed by atoms with Crippen molar-refractivity contribution in [3.63, 3.8) is 0 Å². The Morgan fingerprint density at radius 2 is 1.90 bits per heavy atom. The van der Waals surface area contributed by atoms with Crippen molar-refractivity contribution in [3.05, 3.63) is 64.4 Å². The number of halogens is 1. The zero-order valence-electron chi connectivity index (χ0n) is 10.8. The van der Waals surface area contributed by atoms with Crippen molar-refractivity contribution in [2.45, 2.75) is 0 Å². The molecule has 0 unspecified atom stereocenters. The summed E-state index contributed by atoms with van der Waals surface area (Å²) >= 11 is 3.33. The van der Waals surface area contributed by atoms with Gasteiger partial charge in [0.25, 0.3) is 0 Å². The second-order valence-electron chi connectivity index (χ2n) is 4.10. The van der Waals surface area contributed by atoms with Gasteiger partial charge in [-0.05, 0) is 29.8 Å². The Bertz CT molecular complexity index is 696. The fourth-order valence-corrected chi connectivity index (χ4v) is 1.87. The molecule has 106 valence electrons. The molecule has 1 aromatic carbocycles. The number of carbonyl (C=O) groups excluding carboxylic acids is 1. The number of nitrogens with one attached hydrogen (secondary N) is 1. The highest BCUT2D eigenvalue weighted by molar-refractivity contribution is 9.10. The van der Waals surface area contributed by atoms with Crippen molar-refractivity contribution in [2.24, 2.45) is 0 Å². The highest BCUT2D eigenvalue weighted by Crippen LogP contribution is 2.14. The lowest BCUT2D eigenvalue weighted by atomic mass is 10.2. The normalized spacial score (nSPS) is 10.5. The van der Waals surface area contributed by atoms with Gasteiger partial charge in [0.15, 0.2) is 0 Å². The third-order valence-corrected chi connectivity index (χ3v) is 3.14. The molecule has 0 radical (unpaired) electrons. The summed E-state index contributed by atoms with van der Waals surface area (Å²) in [5.41, 5.74) is 1.02. The number of anilines is 1. The highest BCUT2D eigenvalue weighted by atomic mass is 79.9. The van der Waals surface area contributed by atoms with Crippen molar-refractivity contribution >= 4 is 39.6 Å². The number of amides is 1. The van der Waals surface area contributed by atoms with E-state index in [4.69, 9.17) is 5.11 Å². The van der Waals surface area contributed by atoms with Gasteiger partial charge in [-0.1, -0.05) is 28.1 Å². The van der Waals surface area contributed by atoms with E-state index in [0.717, 1.165) is 10.0 Å². The summed E-state index contributed by atoms with van der Waals surface area (Å²) in [6, 6.07) is 8.75. The Kier molecular flexibility index (Phi) is 4.84. The van der Waals surface area contributed by atoms with E-state index in [0.29, 0.717) is 0 Å². The Hall–Kier alpha value is -2.47. The molecule has 0 aliphatic carbocycles. The molecule has 0 spiro atoms. The maximum Gasteiger partial charge on any atom is 0.337 e. The number of pyridine rings is 1. The monoisotopic (exact) mass is 346 g/mol. The van der Waals surface area contributed by atoms with Gasteiger partial charge in [0.05, 0.1) is 17.4 Å². The minimum Gasteiger partial charge on any atom is -0.478 e. The maximum atomic E-state index is 11.8. The van der Waals surface area contributed by atoms with Crippen molar-refractivity contribution in [1.29, 1.82) is 0 Å². The van der Waals surface area contributed by atoms with E-state index in [1.807, 2.05) is 24.3 Å². The Labute approximate surface area is 129 Å². The minimum atomic E-state index is -1.12. The highest BCUT2D eigenvalue weighted by Gasteiger charge is 2.10. The predicted molar refractivity (Wildman–Crippen MR) is 83.0 cm³/mol. The van der Waals surface area contributed by atoms with E-state index in [9.17, 15) is 9.59 Å². The number of carboxylic acids is 1. The van der Waals surface area contributed by atoms with Gasteiger partial charge in [-0.2, -0.15) is 0 Å². The molecule has 0 saturated carbocycles. The molecular formula is C15H11BrN2O3. The third-order valence-electron chi connectivity index (χ3n) is 2.61. The van der Waals surface area contributed by atoms with Crippen LogP contribution in [-0.2, 0) is 4.79 Å². The lowest BCUT2D eigenvalue weighted by Gasteiger charge is -2.05. The van der Waals surface area contributed by atoms with Gasteiger partial charge in [-0.15, -0.1) is 0 Å². The molecule has 0 saturated heterocycles. The number of rotatable bonds is 4. The van der Waals surface area contributed by atoms with Crippen LogP contribution in [0.15, 0.2) is 53.3 Å². The second-order valence-corrected chi connectivity index (χ2v) is 5.02. The topological polar surface area (TPSA) is 79.3 Å². The van der Waals surface area contributed by atoms with Gasteiger partial charge in [0.2, 0.25) is 5.91 Å². The molecule has 0 aliphatic heterocycles. The molecule has 0 bridgehead atoms. The van der Waals surface area contributed by atoms with Gasteiger partial charge in [-0.25, -0.2) is 4.79 Å². The van der Waals surface area contributed by atoms with Crippen LogP contribution in [0, 0.1) is 0 Å². The molecule has 1 amide bonds. The van der Waals surface area contributed by atoms with Crippen LogP contribution in [0.5, 0.6) is 0 Å². The average molecular weight is 347 g/mol. The first-order chi connectivity index (χ1) is 10.1. The molecule has 21 heavy (non-hydrogen) atoms. The first-order valence-corrected chi connectivity index (χ1v) is 6.77. The van der Waals surface area contributed by atoms with Gasteiger partial charge < -0.3 is 10.4 Å². The smallest absolute Gasteiger partial charge is 0.337 e. The molecule has 6 heteroatoms. The van der Waals surface area contributed by atoms with Crippen molar-refractivity contribution < 1.29 is 14.7 Å². The molecule has 0 fully saturated rings. The maximum absolute atomic E-state index is 11.8. The second kappa shape index (κ2) is 6.81. The van der Waals surface area contributed by atoms with Crippen molar-refractivity contribution in [1.82, 2.24) is 4.98 Å². The molecule has 5 nitrogen and oxygen atoms in total. The zero-order valence-corrected chi connectivity index (χ0v) is 12.4. The molecule has 1 aromatic heterocycles. The Morgan fingerprint density at radius 3 is 2.57 bits per heavy atom. The first-order valence-electron chi connectivity index (χ1n) is 5.98. The fourth-order valence-electron chi connectivity index (χ4n) is 1.60. The number of benzene rings is 1. The SMILES string of the molecule is O=C(C=Cc1ccc(Br)cc1)Nc1cnccc1C(=O)O. The predicted octanol–water partition coefficient (Wildman–Crippen LogP) is 3.19. The van der Waals surface area contributed by atoms with E-state index in [-0.39, 0.29) is 11.3 Å². The van der Waals surface area contributed by atoms with Crippen LogP contribution in [0.1, 0.15) is 15.9 Å². The molecule has 2 aromatic rings. The molecule has 2 N–H and O–H groups in total. The molecule has 0 atom stereocenters. The van der Waals surface area contributed by atoms with Gasteiger partial charge in [-0.3, -0.25) is 9.78 Å². The van der Waals surface area contributed by atoms with Crippen LogP contribution >= 0.6 is 15.9 Å². The van der Waals surface area contributed by atoms with Crippen LogP contribution in [0.4, 0.5) is 5.69 Å². The number of hydrogen-bond acceptors (Lipinski definition) is 3. The summed E-state index contributed by atoms with van der Waals surface area (Å²) in [5.74, 6) is -1.54. The summed E-state index contributed by atoms with van der Waals surface area (Å²) in [5, 5.41) is 11.5. The van der Waals surface area contributed by atoms with E-state index < -0.39 is 11.9 Å². The average Bonchev–Trinajstić information content (AvgIpc) is 2.47.